The second-order valence-electron chi connectivity index (χ2n) is 5.12. The molecule has 0 saturated carbocycles. The normalized spacial score (nSPS) is 26.8. The van der Waals surface area contributed by atoms with Crippen molar-refractivity contribution < 1.29 is 14.3 Å². The molecule has 0 spiro atoms. The maximum absolute atomic E-state index is 11.8. The summed E-state index contributed by atoms with van der Waals surface area (Å²) in [5, 5.41) is 2.90. The number of ether oxygens (including phenoxy) is 2. The second kappa shape index (κ2) is 5.33. The summed E-state index contributed by atoms with van der Waals surface area (Å²) >= 11 is 0. The van der Waals surface area contributed by atoms with Crippen molar-refractivity contribution in [1.82, 2.24) is 10.2 Å². The Morgan fingerprint density at radius 3 is 2.82 bits per heavy atom. The number of nitrogens with zero attached hydrogens (tertiary/aromatic N) is 1. The molecule has 2 rings (SSSR count). The molecule has 0 unspecified atom stereocenters. The zero-order valence-electron chi connectivity index (χ0n) is 10.7. The summed E-state index contributed by atoms with van der Waals surface area (Å²) < 4.78 is 11.0. The Kier molecular flexibility index (Phi) is 4.01. The van der Waals surface area contributed by atoms with Gasteiger partial charge in [0.05, 0.1) is 18.8 Å². The number of amides is 1. The molecule has 98 valence electrons. The lowest BCUT2D eigenvalue weighted by Crippen LogP contribution is -2.62. The van der Waals surface area contributed by atoms with Gasteiger partial charge in [-0.1, -0.05) is 0 Å². The minimum atomic E-state index is -0.424. The van der Waals surface area contributed by atoms with Crippen LogP contribution in [0.1, 0.15) is 26.7 Å². The number of piperazine rings is 1. The van der Waals surface area contributed by atoms with Gasteiger partial charge in [0.15, 0.2) is 6.29 Å². The largest absolute Gasteiger partial charge is 0.353 e. The van der Waals surface area contributed by atoms with Crippen LogP contribution in [0.25, 0.3) is 0 Å². The molecule has 1 amide bonds. The first kappa shape index (κ1) is 12.8. The fourth-order valence-corrected chi connectivity index (χ4v) is 2.30. The topological polar surface area (TPSA) is 50.8 Å². The molecule has 2 heterocycles. The monoisotopic (exact) mass is 242 g/mol. The Bertz CT molecular complexity index is 275. The van der Waals surface area contributed by atoms with Gasteiger partial charge in [0.1, 0.15) is 0 Å². The molecule has 2 fully saturated rings. The van der Waals surface area contributed by atoms with Crippen LogP contribution in [0.3, 0.4) is 0 Å². The SMILES string of the molecule is CC1(C)C(=O)NCCN1CCC1OCCCO1. The Morgan fingerprint density at radius 1 is 1.41 bits per heavy atom. The van der Waals surface area contributed by atoms with Gasteiger partial charge >= 0.3 is 0 Å². The first-order valence-electron chi connectivity index (χ1n) is 6.37. The predicted octanol–water partition coefficient (Wildman–Crippen LogP) is 0.350. The molecule has 0 aromatic rings. The summed E-state index contributed by atoms with van der Waals surface area (Å²) in [4.78, 5) is 14.0. The van der Waals surface area contributed by atoms with Gasteiger partial charge in [0, 0.05) is 26.1 Å². The van der Waals surface area contributed by atoms with E-state index in [4.69, 9.17) is 9.47 Å². The van der Waals surface area contributed by atoms with Crippen molar-refractivity contribution in [3.05, 3.63) is 0 Å². The average Bonchev–Trinajstić information content (AvgIpc) is 2.32. The highest BCUT2D eigenvalue weighted by Gasteiger charge is 2.37. The van der Waals surface area contributed by atoms with E-state index in [0.29, 0.717) is 0 Å². The molecule has 17 heavy (non-hydrogen) atoms. The van der Waals surface area contributed by atoms with Gasteiger partial charge in [-0.05, 0) is 20.3 Å². The van der Waals surface area contributed by atoms with Crippen LogP contribution in [0.4, 0.5) is 0 Å². The number of carbonyl (C=O) groups is 1. The van der Waals surface area contributed by atoms with Gasteiger partial charge in [0.25, 0.3) is 0 Å². The van der Waals surface area contributed by atoms with Gasteiger partial charge in [-0.2, -0.15) is 0 Å². The molecule has 0 radical (unpaired) electrons. The number of hydrogen-bond acceptors (Lipinski definition) is 4. The van der Waals surface area contributed by atoms with Crippen molar-refractivity contribution in [3.8, 4) is 0 Å². The van der Waals surface area contributed by atoms with Crippen LogP contribution >= 0.6 is 0 Å². The van der Waals surface area contributed by atoms with Crippen LogP contribution in [-0.2, 0) is 14.3 Å². The van der Waals surface area contributed by atoms with E-state index in [1.54, 1.807) is 0 Å². The van der Waals surface area contributed by atoms with Gasteiger partial charge in [-0.15, -0.1) is 0 Å². The Balaban J connectivity index is 1.82. The summed E-state index contributed by atoms with van der Waals surface area (Å²) in [6.07, 6.45) is 1.72. The number of hydrogen-bond donors (Lipinski definition) is 1. The lowest BCUT2D eigenvalue weighted by atomic mass is 9.98. The van der Waals surface area contributed by atoms with E-state index in [9.17, 15) is 4.79 Å². The molecule has 0 aromatic carbocycles. The highest BCUT2D eigenvalue weighted by molar-refractivity contribution is 5.86. The number of rotatable bonds is 3. The molecule has 0 bridgehead atoms. The van der Waals surface area contributed by atoms with Gasteiger partial charge < -0.3 is 14.8 Å². The van der Waals surface area contributed by atoms with Crippen LogP contribution in [0, 0.1) is 0 Å². The van der Waals surface area contributed by atoms with Crippen molar-refractivity contribution in [2.45, 2.75) is 38.5 Å². The van der Waals surface area contributed by atoms with Crippen LogP contribution in [0.2, 0.25) is 0 Å². The molecule has 0 aromatic heterocycles. The minimum absolute atomic E-state index is 0.0930. The van der Waals surface area contributed by atoms with Crippen molar-refractivity contribution in [2.75, 3.05) is 32.8 Å². The zero-order valence-corrected chi connectivity index (χ0v) is 10.7. The highest BCUT2D eigenvalue weighted by atomic mass is 16.7. The van der Waals surface area contributed by atoms with E-state index in [1.807, 2.05) is 13.8 Å². The lowest BCUT2D eigenvalue weighted by molar-refractivity contribution is -0.184. The standard InChI is InChI=1S/C12H22N2O3/c1-12(2)11(15)13-5-7-14(12)6-4-10-16-8-3-9-17-10/h10H,3-9H2,1-2H3,(H,13,15). The van der Waals surface area contributed by atoms with Crippen LogP contribution in [-0.4, -0.2) is 55.5 Å². The van der Waals surface area contributed by atoms with Gasteiger partial charge in [-0.3, -0.25) is 9.69 Å². The second-order valence-corrected chi connectivity index (χ2v) is 5.12. The third kappa shape index (κ3) is 2.97. The summed E-state index contributed by atoms with van der Waals surface area (Å²) in [6.45, 7) is 7.96. The molecule has 2 aliphatic heterocycles. The Labute approximate surface area is 102 Å². The van der Waals surface area contributed by atoms with E-state index in [-0.39, 0.29) is 12.2 Å². The van der Waals surface area contributed by atoms with Crippen molar-refractivity contribution >= 4 is 5.91 Å². The van der Waals surface area contributed by atoms with Crippen molar-refractivity contribution in [1.29, 1.82) is 0 Å². The fraction of sp³-hybridized carbons (Fsp3) is 0.917. The maximum atomic E-state index is 11.8. The molecule has 2 aliphatic rings. The van der Waals surface area contributed by atoms with Crippen molar-refractivity contribution in [2.24, 2.45) is 0 Å². The molecule has 0 atom stereocenters. The summed E-state index contributed by atoms with van der Waals surface area (Å²) in [5.74, 6) is 0.106. The molecule has 2 saturated heterocycles. The van der Waals surface area contributed by atoms with Crippen LogP contribution < -0.4 is 5.32 Å². The van der Waals surface area contributed by atoms with Gasteiger partial charge in [-0.25, -0.2) is 0 Å². The first-order chi connectivity index (χ1) is 8.10. The molecular formula is C12H22N2O3. The van der Waals surface area contributed by atoms with E-state index < -0.39 is 5.54 Å². The molecule has 1 N–H and O–H groups in total. The third-order valence-corrected chi connectivity index (χ3v) is 3.54. The molecular weight excluding hydrogens is 220 g/mol. The highest BCUT2D eigenvalue weighted by Crippen LogP contribution is 2.19. The van der Waals surface area contributed by atoms with Crippen molar-refractivity contribution in [3.63, 3.8) is 0 Å². The lowest BCUT2D eigenvalue weighted by Gasteiger charge is -2.41. The van der Waals surface area contributed by atoms with Crippen LogP contribution in [0.15, 0.2) is 0 Å². The minimum Gasteiger partial charge on any atom is -0.353 e. The predicted molar refractivity (Wildman–Crippen MR) is 63.6 cm³/mol. The average molecular weight is 242 g/mol. The van der Waals surface area contributed by atoms with Gasteiger partial charge in [0.2, 0.25) is 5.91 Å². The quantitative estimate of drug-likeness (QED) is 0.776. The number of nitrogens with one attached hydrogen (secondary N) is 1. The summed E-state index contributed by atoms with van der Waals surface area (Å²) in [6, 6.07) is 0. The van der Waals surface area contributed by atoms with Crippen LogP contribution in [0.5, 0.6) is 0 Å². The Morgan fingerprint density at radius 2 is 2.12 bits per heavy atom. The maximum Gasteiger partial charge on any atom is 0.239 e. The molecule has 5 heteroatoms. The van der Waals surface area contributed by atoms with E-state index in [0.717, 1.165) is 45.7 Å². The molecule has 0 aliphatic carbocycles. The zero-order chi connectivity index (χ0) is 12.3. The number of carbonyl (C=O) groups excluding carboxylic acids is 1. The summed E-state index contributed by atoms with van der Waals surface area (Å²) in [5.41, 5.74) is -0.424. The fourth-order valence-electron chi connectivity index (χ4n) is 2.30. The van der Waals surface area contributed by atoms with E-state index in [2.05, 4.69) is 10.2 Å². The van der Waals surface area contributed by atoms with E-state index in [1.165, 1.54) is 0 Å². The summed E-state index contributed by atoms with van der Waals surface area (Å²) in [7, 11) is 0. The van der Waals surface area contributed by atoms with E-state index >= 15 is 0 Å². The molecule has 5 nitrogen and oxygen atoms in total. The Hall–Kier alpha value is -0.650. The third-order valence-electron chi connectivity index (χ3n) is 3.54. The smallest absolute Gasteiger partial charge is 0.239 e. The first-order valence-corrected chi connectivity index (χ1v) is 6.37.